The normalized spacial score (nSPS) is 19.2. The van der Waals surface area contributed by atoms with Gasteiger partial charge in [-0.2, -0.15) is 0 Å². The lowest BCUT2D eigenvalue weighted by atomic mass is 9.96. The molecule has 1 amide bonds. The second-order valence-electron chi connectivity index (χ2n) is 8.72. The highest BCUT2D eigenvalue weighted by Crippen LogP contribution is 2.25. The number of aromatic nitrogens is 3. The summed E-state index contributed by atoms with van der Waals surface area (Å²) in [6.45, 7) is 4.17. The van der Waals surface area contributed by atoms with Crippen LogP contribution in [0.15, 0.2) is 47.4 Å². The van der Waals surface area contributed by atoms with Gasteiger partial charge in [0.05, 0.1) is 5.92 Å². The Hall–Kier alpha value is -3.13. The van der Waals surface area contributed by atoms with Crippen molar-refractivity contribution in [1.29, 1.82) is 0 Å². The van der Waals surface area contributed by atoms with Gasteiger partial charge in [0.15, 0.2) is 11.5 Å². The number of piperazine rings is 1. The molecule has 9 heteroatoms. The number of carbonyl (C=O) groups is 1. The van der Waals surface area contributed by atoms with Gasteiger partial charge >= 0.3 is 0 Å². The Morgan fingerprint density at radius 2 is 1.88 bits per heavy atom. The average molecular weight is 467 g/mol. The number of aryl methyl sites for hydroxylation is 1. The molecular weight excluding hydrogens is 440 g/mol. The number of fused-ring (bicyclic) bond motifs is 1. The lowest BCUT2D eigenvalue weighted by Gasteiger charge is -2.40. The van der Waals surface area contributed by atoms with Gasteiger partial charge in [0.25, 0.3) is 5.56 Å². The Morgan fingerprint density at radius 1 is 1.06 bits per heavy atom. The van der Waals surface area contributed by atoms with Crippen LogP contribution in [0.5, 0.6) is 0 Å². The number of carbonyl (C=O) groups excluding carboxylic acids is 1. The summed E-state index contributed by atoms with van der Waals surface area (Å²) in [6, 6.07) is 11.5. The van der Waals surface area contributed by atoms with E-state index in [1.54, 1.807) is 13.2 Å². The molecule has 4 heterocycles. The summed E-state index contributed by atoms with van der Waals surface area (Å²) in [5, 5.41) is 0.720. The van der Waals surface area contributed by atoms with Gasteiger partial charge in [-0.3, -0.25) is 14.2 Å². The Balaban J connectivity index is 1.28. The van der Waals surface area contributed by atoms with Gasteiger partial charge in [0.1, 0.15) is 5.52 Å². The van der Waals surface area contributed by atoms with E-state index in [1.165, 1.54) is 4.57 Å². The van der Waals surface area contributed by atoms with Crippen LogP contribution in [0.1, 0.15) is 12.8 Å². The predicted octanol–water partition coefficient (Wildman–Crippen LogP) is 2.55. The fraction of sp³-hybridized carbons (Fsp3) is 0.417. The van der Waals surface area contributed by atoms with Crippen LogP contribution >= 0.6 is 11.6 Å². The van der Waals surface area contributed by atoms with Crippen LogP contribution in [-0.4, -0.2) is 64.6 Å². The summed E-state index contributed by atoms with van der Waals surface area (Å²) in [6.07, 6.45) is 3.35. The fourth-order valence-corrected chi connectivity index (χ4v) is 5.02. The first-order chi connectivity index (χ1) is 16.0. The van der Waals surface area contributed by atoms with Crippen molar-refractivity contribution < 1.29 is 4.79 Å². The van der Waals surface area contributed by atoms with Crippen molar-refractivity contribution in [1.82, 2.24) is 19.4 Å². The average Bonchev–Trinajstić information content (AvgIpc) is 2.86. The Labute approximate surface area is 197 Å². The van der Waals surface area contributed by atoms with Crippen LogP contribution in [0.25, 0.3) is 11.2 Å². The van der Waals surface area contributed by atoms with Crippen molar-refractivity contribution >= 4 is 40.2 Å². The van der Waals surface area contributed by atoms with Gasteiger partial charge in [-0.25, -0.2) is 9.97 Å². The highest BCUT2D eigenvalue weighted by Gasteiger charge is 2.32. The van der Waals surface area contributed by atoms with Gasteiger partial charge in [-0.15, -0.1) is 0 Å². The number of piperidine rings is 1. The molecule has 33 heavy (non-hydrogen) atoms. The molecule has 2 fully saturated rings. The number of benzene rings is 1. The molecule has 2 saturated heterocycles. The lowest BCUT2D eigenvalue weighted by Crippen LogP contribution is -2.53. The molecule has 0 aliphatic carbocycles. The molecule has 0 N–H and O–H groups in total. The van der Waals surface area contributed by atoms with Gasteiger partial charge in [0, 0.05) is 63.2 Å². The molecule has 0 saturated carbocycles. The zero-order valence-corrected chi connectivity index (χ0v) is 19.4. The second kappa shape index (κ2) is 9.02. The maximum Gasteiger partial charge on any atom is 0.294 e. The largest absolute Gasteiger partial charge is 0.368 e. The van der Waals surface area contributed by atoms with Crippen LogP contribution in [0.4, 0.5) is 11.5 Å². The zero-order chi connectivity index (χ0) is 22.9. The first kappa shape index (κ1) is 21.7. The minimum Gasteiger partial charge on any atom is -0.368 e. The van der Waals surface area contributed by atoms with Crippen molar-refractivity contribution in [3.05, 3.63) is 58.0 Å². The highest BCUT2D eigenvalue weighted by molar-refractivity contribution is 6.30. The van der Waals surface area contributed by atoms with Crippen molar-refractivity contribution in [2.75, 3.05) is 49.1 Å². The van der Waals surface area contributed by atoms with E-state index in [0.717, 1.165) is 43.2 Å². The van der Waals surface area contributed by atoms with Crippen LogP contribution in [0.3, 0.4) is 0 Å². The summed E-state index contributed by atoms with van der Waals surface area (Å²) in [5.41, 5.74) is 2.16. The summed E-state index contributed by atoms with van der Waals surface area (Å²) in [4.78, 5) is 41.4. The molecule has 1 atom stereocenters. The first-order valence-corrected chi connectivity index (χ1v) is 11.7. The van der Waals surface area contributed by atoms with Crippen LogP contribution < -0.4 is 15.4 Å². The standard InChI is InChI=1S/C24H27ClN6O2/c1-28-21-20(8-3-9-26-21)27-22(24(28)33)31-10-4-5-17(16-31)23(32)30-13-11-29(12-14-30)19-7-2-6-18(25)15-19/h2-3,6-9,15,17H,4-5,10-14,16H2,1H3. The summed E-state index contributed by atoms with van der Waals surface area (Å²) in [5.74, 6) is 0.443. The Bertz CT molecular complexity index is 1240. The van der Waals surface area contributed by atoms with Gasteiger partial charge in [-0.1, -0.05) is 17.7 Å². The van der Waals surface area contributed by atoms with Crippen molar-refractivity contribution in [2.45, 2.75) is 12.8 Å². The van der Waals surface area contributed by atoms with Crippen LogP contribution in [0, 0.1) is 5.92 Å². The lowest BCUT2D eigenvalue weighted by molar-refractivity contribution is -0.136. The molecule has 2 aliphatic rings. The molecule has 8 nitrogen and oxygen atoms in total. The fourth-order valence-electron chi connectivity index (χ4n) is 4.84. The summed E-state index contributed by atoms with van der Waals surface area (Å²) < 4.78 is 1.54. The maximum atomic E-state index is 13.3. The molecular formula is C24H27ClN6O2. The van der Waals surface area contributed by atoms with E-state index in [9.17, 15) is 9.59 Å². The molecule has 1 aromatic carbocycles. The van der Waals surface area contributed by atoms with Crippen LogP contribution in [0.2, 0.25) is 5.02 Å². The third-order valence-electron chi connectivity index (χ3n) is 6.64. The topological polar surface area (TPSA) is 74.6 Å². The first-order valence-electron chi connectivity index (χ1n) is 11.4. The molecule has 172 valence electrons. The van der Waals surface area contributed by atoms with E-state index in [2.05, 4.69) is 20.9 Å². The van der Waals surface area contributed by atoms with E-state index in [0.29, 0.717) is 36.6 Å². The molecule has 0 radical (unpaired) electrons. The number of nitrogens with zero attached hydrogens (tertiary/aromatic N) is 6. The minimum atomic E-state index is -0.176. The van der Waals surface area contributed by atoms with Crippen molar-refractivity contribution in [3.8, 4) is 0 Å². The van der Waals surface area contributed by atoms with E-state index in [-0.39, 0.29) is 17.4 Å². The maximum absolute atomic E-state index is 13.3. The molecule has 2 aliphatic heterocycles. The van der Waals surface area contributed by atoms with Gasteiger partial charge in [-0.05, 0) is 43.2 Å². The quantitative estimate of drug-likeness (QED) is 0.590. The Kier molecular flexibility index (Phi) is 5.93. The number of hydrogen-bond acceptors (Lipinski definition) is 6. The molecule has 0 bridgehead atoms. The minimum absolute atomic E-state index is 0.132. The number of amides is 1. The number of anilines is 2. The van der Waals surface area contributed by atoms with E-state index >= 15 is 0 Å². The van der Waals surface area contributed by atoms with Crippen molar-refractivity contribution in [3.63, 3.8) is 0 Å². The molecule has 5 rings (SSSR count). The van der Waals surface area contributed by atoms with E-state index in [4.69, 9.17) is 11.6 Å². The zero-order valence-electron chi connectivity index (χ0n) is 18.7. The smallest absolute Gasteiger partial charge is 0.294 e. The van der Waals surface area contributed by atoms with Gasteiger partial charge < -0.3 is 14.7 Å². The van der Waals surface area contributed by atoms with Gasteiger partial charge in [0.2, 0.25) is 5.91 Å². The number of hydrogen-bond donors (Lipinski definition) is 0. The van der Waals surface area contributed by atoms with E-state index in [1.807, 2.05) is 40.1 Å². The summed E-state index contributed by atoms with van der Waals surface area (Å²) in [7, 11) is 1.72. The second-order valence-corrected chi connectivity index (χ2v) is 9.16. The number of pyridine rings is 1. The van der Waals surface area contributed by atoms with E-state index < -0.39 is 0 Å². The Morgan fingerprint density at radius 3 is 2.67 bits per heavy atom. The number of halogens is 1. The molecule has 1 unspecified atom stereocenters. The predicted molar refractivity (Wildman–Crippen MR) is 130 cm³/mol. The highest BCUT2D eigenvalue weighted by atomic mass is 35.5. The molecule has 2 aromatic heterocycles. The monoisotopic (exact) mass is 466 g/mol. The third kappa shape index (κ3) is 4.27. The molecule has 3 aromatic rings. The van der Waals surface area contributed by atoms with Crippen molar-refractivity contribution in [2.24, 2.45) is 13.0 Å². The summed E-state index contributed by atoms with van der Waals surface area (Å²) >= 11 is 6.13. The SMILES string of the molecule is Cn1c(=O)c(N2CCCC(C(=O)N3CCN(c4cccc(Cl)c4)CC3)C2)nc2cccnc21. The number of rotatable bonds is 3. The third-order valence-corrected chi connectivity index (χ3v) is 6.88. The molecule has 0 spiro atoms. The van der Waals surface area contributed by atoms with Crippen LogP contribution in [-0.2, 0) is 11.8 Å².